The molecule has 0 radical (unpaired) electrons. The van der Waals surface area contributed by atoms with Gasteiger partial charge in [0.2, 0.25) is 0 Å². The number of piperazine rings is 1. The van der Waals surface area contributed by atoms with Crippen molar-refractivity contribution in [2.24, 2.45) is 0 Å². The molecule has 1 aliphatic heterocycles. The lowest BCUT2D eigenvalue weighted by molar-refractivity contribution is 0.0741. The van der Waals surface area contributed by atoms with Crippen molar-refractivity contribution in [1.29, 1.82) is 0 Å². The standard InChI is InChI=1S/C23H22F2N4O/c1-15-16(2)26-21(17-6-5-7-18(24)14-17)27-22(15)28-10-12-29(13-11-28)23(30)19-8-3-4-9-20(19)25/h3-9,14H,10-13H2,1-2H3. The van der Waals surface area contributed by atoms with Gasteiger partial charge in [0.15, 0.2) is 5.82 Å². The van der Waals surface area contributed by atoms with Crippen LogP contribution in [0, 0.1) is 25.5 Å². The molecule has 0 atom stereocenters. The summed E-state index contributed by atoms with van der Waals surface area (Å²) in [7, 11) is 0. The van der Waals surface area contributed by atoms with Gasteiger partial charge in [-0.1, -0.05) is 24.3 Å². The Balaban J connectivity index is 1.55. The van der Waals surface area contributed by atoms with Crippen LogP contribution in [0.25, 0.3) is 11.4 Å². The van der Waals surface area contributed by atoms with Gasteiger partial charge in [-0.25, -0.2) is 18.7 Å². The van der Waals surface area contributed by atoms with Crippen LogP contribution in [0.2, 0.25) is 0 Å². The number of rotatable bonds is 3. The van der Waals surface area contributed by atoms with Crippen LogP contribution in [-0.2, 0) is 0 Å². The van der Waals surface area contributed by atoms with Gasteiger partial charge in [-0.3, -0.25) is 4.79 Å². The van der Waals surface area contributed by atoms with Crippen LogP contribution in [-0.4, -0.2) is 47.0 Å². The van der Waals surface area contributed by atoms with E-state index in [9.17, 15) is 13.6 Å². The Hall–Kier alpha value is -3.35. The highest BCUT2D eigenvalue weighted by Gasteiger charge is 2.26. The fraction of sp³-hybridized carbons (Fsp3) is 0.261. The second-order valence-electron chi connectivity index (χ2n) is 7.35. The van der Waals surface area contributed by atoms with Gasteiger partial charge in [-0.2, -0.15) is 0 Å². The first-order valence-corrected chi connectivity index (χ1v) is 9.84. The molecule has 0 aliphatic carbocycles. The molecular formula is C23H22F2N4O. The van der Waals surface area contributed by atoms with E-state index < -0.39 is 5.82 Å². The van der Waals surface area contributed by atoms with Gasteiger partial charge in [0.05, 0.1) is 5.56 Å². The SMILES string of the molecule is Cc1nc(-c2cccc(F)c2)nc(N2CCN(C(=O)c3ccccc3F)CC2)c1C. The maximum absolute atomic E-state index is 14.0. The van der Waals surface area contributed by atoms with Gasteiger partial charge in [0, 0.05) is 43.0 Å². The van der Waals surface area contributed by atoms with Gasteiger partial charge >= 0.3 is 0 Å². The summed E-state index contributed by atoms with van der Waals surface area (Å²) in [4.78, 5) is 25.6. The Morgan fingerprint density at radius 3 is 2.37 bits per heavy atom. The first-order valence-electron chi connectivity index (χ1n) is 9.84. The van der Waals surface area contributed by atoms with Crippen LogP contribution >= 0.6 is 0 Å². The Morgan fingerprint density at radius 2 is 1.67 bits per heavy atom. The highest BCUT2D eigenvalue weighted by Crippen LogP contribution is 2.26. The van der Waals surface area contributed by atoms with Crippen molar-refractivity contribution < 1.29 is 13.6 Å². The maximum Gasteiger partial charge on any atom is 0.256 e. The number of anilines is 1. The third kappa shape index (κ3) is 3.87. The number of carbonyl (C=O) groups excluding carboxylic acids is 1. The van der Waals surface area contributed by atoms with Crippen LogP contribution in [0.1, 0.15) is 21.6 Å². The van der Waals surface area contributed by atoms with Gasteiger partial charge in [0.25, 0.3) is 5.91 Å². The molecule has 1 saturated heterocycles. The van der Waals surface area contributed by atoms with Crippen LogP contribution in [0.3, 0.4) is 0 Å². The summed E-state index contributed by atoms with van der Waals surface area (Å²) in [6.45, 7) is 5.92. The van der Waals surface area contributed by atoms with E-state index in [0.717, 1.165) is 17.1 Å². The summed E-state index contributed by atoms with van der Waals surface area (Å²) in [6.07, 6.45) is 0. The van der Waals surface area contributed by atoms with Crippen molar-refractivity contribution in [2.45, 2.75) is 13.8 Å². The minimum atomic E-state index is -0.507. The average Bonchev–Trinajstić information content (AvgIpc) is 2.75. The number of aromatic nitrogens is 2. The number of benzene rings is 2. The number of nitrogens with zero attached hydrogens (tertiary/aromatic N) is 4. The number of halogens is 2. The summed E-state index contributed by atoms with van der Waals surface area (Å²) in [6, 6.07) is 12.2. The lowest BCUT2D eigenvalue weighted by atomic mass is 10.1. The number of aryl methyl sites for hydroxylation is 1. The number of amides is 1. The third-order valence-corrected chi connectivity index (χ3v) is 5.42. The molecule has 2 heterocycles. The van der Waals surface area contributed by atoms with Crippen LogP contribution < -0.4 is 4.90 Å². The zero-order chi connectivity index (χ0) is 21.3. The second-order valence-corrected chi connectivity index (χ2v) is 7.35. The van der Waals surface area contributed by atoms with E-state index in [1.54, 1.807) is 29.2 Å². The van der Waals surface area contributed by atoms with E-state index in [4.69, 9.17) is 4.98 Å². The largest absolute Gasteiger partial charge is 0.353 e. The van der Waals surface area contributed by atoms with E-state index in [-0.39, 0.29) is 17.3 Å². The molecule has 5 nitrogen and oxygen atoms in total. The molecule has 7 heteroatoms. The highest BCUT2D eigenvalue weighted by molar-refractivity contribution is 5.94. The zero-order valence-electron chi connectivity index (χ0n) is 16.9. The Morgan fingerprint density at radius 1 is 0.933 bits per heavy atom. The van der Waals surface area contributed by atoms with Gasteiger partial charge < -0.3 is 9.80 Å². The molecule has 0 spiro atoms. The average molecular weight is 408 g/mol. The molecule has 0 saturated carbocycles. The highest BCUT2D eigenvalue weighted by atomic mass is 19.1. The second kappa shape index (κ2) is 8.18. The minimum Gasteiger partial charge on any atom is -0.353 e. The van der Waals surface area contributed by atoms with Crippen molar-refractivity contribution in [3.05, 3.63) is 77.0 Å². The van der Waals surface area contributed by atoms with Crippen LogP contribution in [0.5, 0.6) is 0 Å². The van der Waals surface area contributed by atoms with Gasteiger partial charge in [-0.05, 0) is 38.1 Å². The molecule has 3 aromatic rings. The van der Waals surface area contributed by atoms with Crippen molar-refractivity contribution in [2.75, 3.05) is 31.1 Å². The summed E-state index contributed by atoms with van der Waals surface area (Å²) in [5.74, 6) is 0.101. The van der Waals surface area contributed by atoms with Crippen LogP contribution in [0.4, 0.5) is 14.6 Å². The molecule has 2 aromatic carbocycles. The lowest BCUT2D eigenvalue weighted by Gasteiger charge is -2.36. The fourth-order valence-electron chi connectivity index (χ4n) is 3.60. The Labute approximate surface area is 174 Å². The first-order chi connectivity index (χ1) is 14.4. The molecule has 0 N–H and O–H groups in total. The zero-order valence-corrected chi connectivity index (χ0v) is 16.9. The first kappa shape index (κ1) is 19.9. The summed E-state index contributed by atoms with van der Waals surface area (Å²) in [5, 5.41) is 0. The van der Waals surface area contributed by atoms with Crippen LogP contribution in [0.15, 0.2) is 48.5 Å². The molecule has 154 valence electrons. The quantitative estimate of drug-likeness (QED) is 0.657. The van der Waals surface area contributed by atoms with Crippen molar-refractivity contribution in [3.63, 3.8) is 0 Å². The molecule has 1 aromatic heterocycles. The van der Waals surface area contributed by atoms with Crippen molar-refractivity contribution >= 4 is 11.7 Å². The number of carbonyl (C=O) groups is 1. The summed E-state index contributed by atoms with van der Waals surface area (Å²) >= 11 is 0. The lowest BCUT2D eigenvalue weighted by Crippen LogP contribution is -2.49. The number of hydrogen-bond acceptors (Lipinski definition) is 4. The molecule has 0 unspecified atom stereocenters. The molecule has 1 fully saturated rings. The van der Waals surface area contributed by atoms with E-state index in [1.165, 1.54) is 24.3 Å². The van der Waals surface area contributed by atoms with E-state index in [2.05, 4.69) is 9.88 Å². The molecule has 0 bridgehead atoms. The summed E-state index contributed by atoms with van der Waals surface area (Å²) < 4.78 is 27.6. The fourth-order valence-corrected chi connectivity index (χ4v) is 3.60. The Bertz CT molecular complexity index is 1090. The minimum absolute atomic E-state index is 0.0911. The van der Waals surface area contributed by atoms with Gasteiger partial charge in [-0.15, -0.1) is 0 Å². The predicted molar refractivity (Wildman–Crippen MR) is 111 cm³/mol. The normalized spacial score (nSPS) is 14.1. The van der Waals surface area contributed by atoms with E-state index in [0.29, 0.717) is 37.6 Å². The monoisotopic (exact) mass is 408 g/mol. The van der Waals surface area contributed by atoms with Crippen molar-refractivity contribution in [1.82, 2.24) is 14.9 Å². The molecule has 30 heavy (non-hydrogen) atoms. The molecule has 4 rings (SSSR count). The van der Waals surface area contributed by atoms with Gasteiger partial charge in [0.1, 0.15) is 17.5 Å². The van der Waals surface area contributed by atoms with E-state index >= 15 is 0 Å². The molecule has 1 aliphatic rings. The summed E-state index contributed by atoms with van der Waals surface area (Å²) in [5.41, 5.74) is 2.48. The molecule has 1 amide bonds. The Kier molecular flexibility index (Phi) is 5.44. The number of hydrogen-bond donors (Lipinski definition) is 0. The van der Waals surface area contributed by atoms with E-state index in [1.807, 2.05) is 13.8 Å². The molecular weight excluding hydrogens is 386 g/mol. The van der Waals surface area contributed by atoms with Crippen molar-refractivity contribution in [3.8, 4) is 11.4 Å². The predicted octanol–water partition coefficient (Wildman–Crippen LogP) is 4.00. The maximum atomic E-state index is 14.0. The third-order valence-electron chi connectivity index (χ3n) is 5.42. The smallest absolute Gasteiger partial charge is 0.256 e. The topological polar surface area (TPSA) is 49.3 Å².